The number of carbonyl (C=O) groups excluding carboxylic acids is 1. The van der Waals surface area contributed by atoms with E-state index in [1.54, 1.807) is 13.3 Å². The lowest BCUT2D eigenvalue weighted by atomic mass is 9.72. The molecule has 1 N–H and O–H groups in total. The van der Waals surface area contributed by atoms with Crippen molar-refractivity contribution in [3.8, 4) is 22.9 Å². The van der Waals surface area contributed by atoms with Gasteiger partial charge in [0.2, 0.25) is 11.9 Å². The van der Waals surface area contributed by atoms with Gasteiger partial charge in [-0.05, 0) is 80.5 Å². The first-order chi connectivity index (χ1) is 26.4. The summed E-state index contributed by atoms with van der Waals surface area (Å²) < 4.78 is 53.7. The molecule has 1 spiro atoms. The van der Waals surface area contributed by atoms with Crippen LogP contribution in [0.25, 0.3) is 32.9 Å². The summed E-state index contributed by atoms with van der Waals surface area (Å²) in [6.07, 6.45) is 2.23. The molecule has 1 aliphatic carbocycles. The molecule has 55 heavy (non-hydrogen) atoms. The monoisotopic (exact) mass is 757 g/mol. The number of carbonyl (C=O) groups is 1. The van der Waals surface area contributed by atoms with E-state index in [-0.39, 0.29) is 29.4 Å². The van der Waals surface area contributed by atoms with E-state index in [2.05, 4.69) is 38.7 Å². The molecular weight excluding hydrogens is 711 g/mol. The Labute approximate surface area is 317 Å². The van der Waals surface area contributed by atoms with Gasteiger partial charge in [0.25, 0.3) is 0 Å². The summed E-state index contributed by atoms with van der Waals surface area (Å²) in [4.78, 5) is 30.8. The fraction of sp³-hybridized carbons (Fsp3) is 0.525. The number of benzene rings is 2. The number of likely N-dealkylation sites (N-methyl/N-ethyl adjacent to an activating group) is 1. The lowest BCUT2D eigenvalue weighted by Crippen LogP contribution is -2.70. The van der Waals surface area contributed by atoms with Gasteiger partial charge in [-0.2, -0.15) is 28.5 Å². The molecule has 4 aliphatic rings. The van der Waals surface area contributed by atoms with Crippen LogP contribution in [0.2, 0.25) is 0 Å². The number of nitrogens with zero attached hydrogens (tertiary/aromatic N) is 8. The summed E-state index contributed by atoms with van der Waals surface area (Å²) in [5.74, 6) is 1.20. The van der Waals surface area contributed by atoms with Crippen LogP contribution < -0.4 is 14.5 Å². The van der Waals surface area contributed by atoms with Crippen molar-refractivity contribution in [2.45, 2.75) is 56.7 Å². The third kappa shape index (κ3) is 6.73. The third-order valence-corrected chi connectivity index (χ3v) is 12.2. The van der Waals surface area contributed by atoms with Crippen LogP contribution in [0.3, 0.4) is 0 Å². The van der Waals surface area contributed by atoms with E-state index in [0.717, 1.165) is 53.3 Å². The van der Waals surface area contributed by atoms with Crippen LogP contribution in [0.5, 0.6) is 5.75 Å². The summed E-state index contributed by atoms with van der Waals surface area (Å²) >= 11 is 0. The highest BCUT2D eigenvalue weighted by Crippen LogP contribution is 2.53. The Bertz CT molecular complexity index is 2170. The molecular formula is C40H46F3N9O3. The molecule has 4 aromatic rings. The van der Waals surface area contributed by atoms with Crippen LogP contribution >= 0.6 is 0 Å². The van der Waals surface area contributed by atoms with Crippen LogP contribution in [-0.4, -0.2) is 121 Å². The molecule has 1 amide bonds. The maximum atomic E-state index is 14.1. The van der Waals surface area contributed by atoms with Gasteiger partial charge in [-0.15, -0.1) is 0 Å². The lowest BCUT2D eigenvalue weighted by molar-refractivity contribution is -0.153. The Hall–Kier alpha value is -4.94. The van der Waals surface area contributed by atoms with Crippen LogP contribution in [0.1, 0.15) is 49.1 Å². The third-order valence-electron chi connectivity index (χ3n) is 12.2. The number of ether oxygens (including phenoxy) is 2. The summed E-state index contributed by atoms with van der Waals surface area (Å²) in [5, 5.41) is 18.6. The number of aromatic nitrogens is 4. The number of halogens is 3. The molecule has 15 heteroatoms. The van der Waals surface area contributed by atoms with Crippen LogP contribution in [-0.2, 0) is 9.53 Å². The van der Waals surface area contributed by atoms with Crippen molar-refractivity contribution in [3.05, 3.63) is 48.2 Å². The molecule has 12 nitrogen and oxygen atoms in total. The zero-order chi connectivity index (χ0) is 38.7. The number of piperidine rings is 1. The Morgan fingerprint density at radius 3 is 2.53 bits per heavy atom. The number of nitriles is 1. The van der Waals surface area contributed by atoms with Crippen molar-refractivity contribution in [2.75, 3.05) is 83.0 Å². The first kappa shape index (κ1) is 37.0. The predicted octanol–water partition coefficient (Wildman–Crippen LogP) is 5.97. The number of hydrogen-bond donors (Lipinski definition) is 1. The minimum absolute atomic E-state index is 0.0100. The van der Waals surface area contributed by atoms with E-state index in [4.69, 9.17) is 19.4 Å². The highest BCUT2D eigenvalue weighted by Gasteiger charge is 2.49. The summed E-state index contributed by atoms with van der Waals surface area (Å²) in [5.41, 5.74) is 3.82. The first-order valence-electron chi connectivity index (χ1n) is 18.9. The van der Waals surface area contributed by atoms with Crippen LogP contribution in [0.15, 0.2) is 37.1 Å². The normalized spacial score (nSPS) is 19.1. The van der Waals surface area contributed by atoms with Crippen molar-refractivity contribution in [1.82, 2.24) is 30.0 Å². The topological polar surface area (TPSA) is 127 Å². The predicted molar refractivity (Wildman–Crippen MR) is 203 cm³/mol. The Kier molecular flexibility index (Phi) is 9.40. The molecule has 2 aromatic heterocycles. The quantitative estimate of drug-likeness (QED) is 0.173. The van der Waals surface area contributed by atoms with E-state index in [0.29, 0.717) is 80.7 Å². The molecule has 0 bridgehead atoms. The number of anilines is 2. The maximum absolute atomic E-state index is 14.1. The highest BCUT2D eigenvalue weighted by molar-refractivity contribution is 6.06. The zero-order valence-corrected chi connectivity index (χ0v) is 31.5. The number of rotatable bonds is 12. The summed E-state index contributed by atoms with van der Waals surface area (Å²) in [6.45, 7) is 8.83. The van der Waals surface area contributed by atoms with E-state index in [9.17, 15) is 23.2 Å². The lowest BCUT2D eigenvalue weighted by Gasteiger charge is -2.54. The second-order valence-electron chi connectivity index (χ2n) is 15.9. The number of amides is 1. The number of likely N-dealkylation sites (tertiary alicyclic amines) is 1. The van der Waals surface area contributed by atoms with Gasteiger partial charge in [0.15, 0.2) is 12.4 Å². The highest BCUT2D eigenvalue weighted by atomic mass is 19.4. The van der Waals surface area contributed by atoms with Gasteiger partial charge < -0.3 is 24.2 Å². The zero-order valence-electron chi connectivity index (χ0n) is 31.5. The SMILES string of the molecule is C=CC(=O)N1CC2(CCN(c3nc(N4CC(CC#N)(N(C)CCOC)C4)nc4c(OCC(F)(F)F)c(-c5c(C)ccc6[nH]ncc56)c(C5CC5)cc34)CC2)C1. The van der Waals surface area contributed by atoms with Gasteiger partial charge in [-0.25, -0.2) is 4.98 Å². The van der Waals surface area contributed by atoms with Crippen LogP contribution in [0, 0.1) is 23.7 Å². The Morgan fingerprint density at radius 1 is 1.13 bits per heavy atom. The summed E-state index contributed by atoms with van der Waals surface area (Å²) in [7, 11) is 3.62. The van der Waals surface area contributed by atoms with Crippen molar-refractivity contribution < 1.29 is 27.4 Å². The summed E-state index contributed by atoms with van der Waals surface area (Å²) in [6, 6.07) is 8.31. The molecule has 5 heterocycles. The Balaban J connectivity index is 1.29. The minimum atomic E-state index is -4.60. The van der Waals surface area contributed by atoms with Crippen molar-refractivity contribution >= 4 is 39.5 Å². The number of methoxy groups -OCH3 is 1. The average molecular weight is 758 g/mol. The average Bonchev–Trinajstić information content (AvgIpc) is 3.88. The smallest absolute Gasteiger partial charge is 0.422 e. The van der Waals surface area contributed by atoms with Gasteiger partial charge in [-0.3, -0.25) is 14.8 Å². The van der Waals surface area contributed by atoms with Gasteiger partial charge in [-0.1, -0.05) is 12.6 Å². The van der Waals surface area contributed by atoms with E-state index >= 15 is 0 Å². The second-order valence-corrected chi connectivity index (χ2v) is 15.9. The number of alkyl halides is 3. The number of hydrogen-bond acceptors (Lipinski definition) is 10. The number of fused-ring (bicyclic) bond motifs is 2. The van der Waals surface area contributed by atoms with E-state index < -0.39 is 18.3 Å². The number of aromatic amines is 1. The second kappa shape index (κ2) is 14.0. The van der Waals surface area contributed by atoms with Gasteiger partial charge in [0, 0.05) is 74.7 Å². The molecule has 3 saturated heterocycles. The fourth-order valence-corrected chi connectivity index (χ4v) is 8.80. The fourth-order valence-electron chi connectivity index (χ4n) is 8.80. The maximum Gasteiger partial charge on any atom is 0.422 e. The van der Waals surface area contributed by atoms with Gasteiger partial charge >= 0.3 is 6.18 Å². The molecule has 3 aliphatic heterocycles. The molecule has 0 unspecified atom stereocenters. The Morgan fingerprint density at radius 2 is 1.87 bits per heavy atom. The molecule has 2 aromatic carbocycles. The van der Waals surface area contributed by atoms with Crippen molar-refractivity contribution in [1.29, 1.82) is 5.26 Å². The van der Waals surface area contributed by atoms with Gasteiger partial charge in [0.1, 0.15) is 11.3 Å². The number of H-pyrrole nitrogens is 1. The number of aryl methyl sites for hydroxylation is 1. The minimum Gasteiger partial charge on any atom is -0.481 e. The van der Waals surface area contributed by atoms with Gasteiger partial charge in [0.05, 0.1) is 36.3 Å². The van der Waals surface area contributed by atoms with Crippen molar-refractivity contribution in [2.24, 2.45) is 5.41 Å². The molecule has 0 atom stereocenters. The van der Waals surface area contributed by atoms with Crippen molar-refractivity contribution in [3.63, 3.8) is 0 Å². The first-order valence-corrected chi connectivity index (χ1v) is 18.9. The largest absolute Gasteiger partial charge is 0.481 e. The molecule has 4 fully saturated rings. The molecule has 290 valence electrons. The molecule has 8 rings (SSSR count). The molecule has 1 saturated carbocycles. The van der Waals surface area contributed by atoms with E-state index in [1.165, 1.54) is 6.08 Å². The van der Waals surface area contributed by atoms with E-state index in [1.807, 2.05) is 35.9 Å². The standard InChI is InChI=1S/C40H46F3N9O3/c1-5-31(53)51-20-38(21-51)11-14-50(15-12-38)36-28-18-27(26-7-8-26)33(32-25(2)6-9-30-29(32)19-45-48-30)35(55-24-40(41,42)43)34(28)46-37(47-36)52-22-39(23-52,10-13-44)49(3)16-17-54-4/h5-6,9,18-19,26H,1,7-8,10-12,14-17,20-24H2,2-4H3,(H,45,48). The van der Waals surface area contributed by atoms with Crippen LogP contribution in [0.4, 0.5) is 24.9 Å². The molecule has 0 radical (unpaired) electrons. The number of nitrogens with one attached hydrogen (secondary N) is 1.